The van der Waals surface area contributed by atoms with E-state index < -0.39 is 14.4 Å². The second-order valence-corrected chi connectivity index (χ2v) is 9.63. The van der Waals surface area contributed by atoms with Gasteiger partial charge in [-0.1, -0.05) is 66.7 Å². The quantitative estimate of drug-likeness (QED) is 0.674. The summed E-state index contributed by atoms with van der Waals surface area (Å²) in [5.41, 5.74) is 2.37. The molecule has 0 saturated heterocycles. The fourth-order valence-electron chi connectivity index (χ4n) is 2.86. The minimum atomic E-state index is -3.66. The van der Waals surface area contributed by atoms with Gasteiger partial charge in [-0.05, 0) is 19.1 Å². The number of thioether (sulfide) groups is 1. The Balaban J connectivity index is 1.89. The average Bonchev–Trinajstić information content (AvgIpc) is 3.10. The molecule has 27 heavy (non-hydrogen) atoms. The molecule has 0 spiro atoms. The third kappa shape index (κ3) is 3.19. The molecule has 0 N–H and O–H groups in total. The number of benzene rings is 2. The first-order chi connectivity index (χ1) is 13.0. The zero-order valence-electron chi connectivity index (χ0n) is 14.9. The lowest BCUT2D eigenvalue weighted by molar-refractivity contribution is 0.597. The van der Waals surface area contributed by atoms with Gasteiger partial charge in [-0.15, -0.1) is 10.2 Å². The van der Waals surface area contributed by atoms with Crippen LogP contribution < -0.4 is 0 Å². The smallest absolute Gasteiger partial charge is 0.213 e. The zero-order valence-corrected chi connectivity index (χ0v) is 16.5. The van der Waals surface area contributed by atoms with Crippen molar-refractivity contribution < 1.29 is 8.42 Å². The lowest BCUT2D eigenvalue weighted by atomic mass is 10.1. The van der Waals surface area contributed by atoms with E-state index in [0.717, 1.165) is 11.1 Å². The molecular weight excluding hydrogens is 380 g/mol. The molecule has 1 aliphatic heterocycles. The summed E-state index contributed by atoms with van der Waals surface area (Å²) in [4.78, 5) is 0.269. The van der Waals surface area contributed by atoms with E-state index in [1.165, 1.54) is 11.8 Å². The van der Waals surface area contributed by atoms with Crippen LogP contribution in [0.4, 0.5) is 0 Å². The van der Waals surface area contributed by atoms with E-state index in [1.54, 1.807) is 35.0 Å². The molecule has 0 bridgehead atoms. The maximum absolute atomic E-state index is 13.4. The van der Waals surface area contributed by atoms with Crippen molar-refractivity contribution in [2.45, 2.75) is 34.9 Å². The van der Waals surface area contributed by atoms with Crippen molar-refractivity contribution in [3.05, 3.63) is 71.5 Å². The van der Waals surface area contributed by atoms with Crippen LogP contribution in [0, 0.1) is 6.92 Å². The number of sulfone groups is 1. The molecule has 0 radical (unpaired) electrons. The highest BCUT2D eigenvalue weighted by atomic mass is 32.3. The molecule has 138 valence electrons. The Hall–Kier alpha value is -2.45. The molecule has 0 amide bonds. The van der Waals surface area contributed by atoms with Crippen molar-refractivity contribution in [1.82, 2.24) is 14.9 Å². The third-order valence-corrected chi connectivity index (χ3v) is 8.00. The summed E-state index contributed by atoms with van der Waals surface area (Å²) < 4.78 is 27.5. The average molecular weight is 399 g/mol. The van der Waals surface area contributed by atoms with Gasteiger partial charge < -0.3 is 0 Å². The van der Waals surface area contributed by atoms with Gasteiger partial charge in [0.25, 0.3) is 0 Å². The topological polar surface area (TPSA) is 77.2 Å². The highest BCUT2D eigenvalue weighted by molar-refractivity contribution is 8.14. The molecule has 2 heterocycles. The molecule has 1 atom stereocenters. The lowest BCUT2D eigenvalue weighted by Crippen LogP contribution is -2.32. The molecule has 0 aliphatic carbocycles. The summed E-state index contributed by atoms with van der Waals surface area (Å²) >= 11 is 1.17. The second-order valence-electron chi connectivity index (χ2n) is 6.22. The van der Waals surface area contributed by atoms with E-state index in [1.807, 2.05) is 38.1 Å². The highest BCUT2D eigenvalue weighted by Crippen LogP contribution is 2.36. The number of aromatic nitrogens is 3. The van der Waals surface area contributed by atoms with Crippen LogP contribution >= 0.6 is 11.8 Å². The monoisotopic (exact) mass is 398 g/mol. The molecule has 2 aromatic carbocycles. The second kappa shape index (κ2) is 6.94. The Kier molecular flexibility index (Phi) is 4.61. The Morgan fingerprint density at radius 1 is 1.04 bits per heavy atom. The highest BCUT2D eigenvalue weighted by Gasteiger charge is 2.38. The molecule has 6 nitrogen and oxygen atoms in total. The summed E-state index contributed by atoms with van der Waals surface area (Å²) in [5, 5.41) is 13.4. The van der Waals surface area contributed by atoms with Crippen LogP contribution in [0.25, 0.3) is 0 Å². The summed E-state index contributed by atoms with van der Waals surface area (Å²) in [7, 11) is -3.66. The molecule has 3 aromatic rings. The van der Waals surface area contributed by atoms with Gasteiger partial charge in [0.15, 0.2) is 20.2 Å². The van der Waals surface area contributed by atoms with Crippen LogP contribution in [0.2, 0.25) is 0 Å². The SMILES string of the molecule is CCc1nnc2n1N=C(c1ccc(C)cc1)C(S(=O)(=O)c1ccccc1)S2. The fourth-order valence-corrected chi connectivity index (χ4v) is 6.04. The number of hydrogen-bond donors (Lipinski definition) is 0. The first-order valence-corrected chi connectivity index (χ1v) is 11.0. The standard InChI is InChI=1S/C19H18N4O2S2/c1-3-16-20-21-19-23(16)22-17(14-11-9-13(2)10-12-14)18(26-19)27(24,25)15-7-5-4-6-8-15/h4-12,18H,3H2,1-2H3. The van der Waals surface area contributed by atoms with Crippen LogP contribution in [0.3, 0.4) is 0 Å². The Bertz CT molecular complexity index is 1100. The first-order valence-electron chi connectivity index (χ1n) is 8.56. The van der Waals surface area contributed by atoms with E-state index in [9.17, 15) is 8.42 Å². The van der Waals surface area contributed by atoms with Crippen LogP contribution in [-0.4, -0.2) is 33.6 Å². The number of fused-ring (bicyclic) bond motifs is 1. The van der Waals surface area contributed by atoms with E-state index in [0.29, 0.717) is 23.1 Å². The molecule has 4 rings (SSSR count). The van der Waals surface area contributed by atoms with Crippen LogP contribution in [0.5, 0.6) is 0 Å². The van der Waals surface area contributed by atoms with Gasteiger partial charge in [-0.2, -0.15) is 9.78 Å². The largest absolute Gasteiger partial charge is 0.222 e. The fraction of sp³-hybridized carbons (Fsp3) is 0.211. The van der Waals surface area contributed by atoms with Crippen molar-refractivity contribution in [3.8, 4) is 0 Å². The van der Waals surface area contributed by atoms with Gasteiger partial charge in [0, 0.05) is 12.0 Å². The molecular formula is C19H18N4O2S2. The Morgan fingerprint density at radius 3 is 2.41 bits per heavy atom. The van der Waals surface area contributed by atoms with Gasteiger partial charge in [-0.3, -0.25) is 0 Å². The van der Waals surface area contributed by atoms with Crippen molar-refractivity contribution in [3.63, 3.8) is 0 Å². The summed E-state index contributed by atoms with van der Waals surface area (Å²) in [6.07, 6.45) is 0.661. The normalized spacial score (nSPS) is 16.7. The van der Waals surface area contributed by atoms with Crippen LogP contribution in [-0.2, 0) is 16.3 Å². The molecule has 1 unspecified atom stereocenters. The van der Waals surface area contributed by atoms with Crippen molar-refractivity contribution in [2.24, 2.45) is 5.10 Å². The molecule has 0 saturated carbocycles. The summed E-state index contributed by atoms with van der Waals surface area (Å²) in [6.45, 7) is 3.96. The van der Waals surface area contributed by atoms with E-state index >= 15 is 0 Å². The van der Waals surface area contributed by atoms with Crippen LogP contribution in [0.15, 0.2) is 69.8 Å². The predicted molar refractivity (Wildman–Crippen MR) is 106 cm³/mol. The number of aryl methyl sites for hydroxylation is 2. The van der Waals surface area contributed by atoms with Crippen LogP contribution in [0.1, 0.15) is 23.9 Å². The van der Waals surface area contributed by atoms with Gasteiger partial charge in [0.2, 0.25) is 5.16 Å². The third-order valence-electron chi connectivity index (χ3n) is 4.34. The zero-order chi connectivity index (χ0) is 19.0. The van der Waals surface area contributed by atoms with Gasteiger partial charge >= 0.3 is 0 Å². The number of rotatable bonds is 4. The predicted octanol–water partition coefficient (Wildman–Crippen LogP) is 3.31. The maximum atomic E-state index is 13.4. The number of hydrogen-bond acceptors (Lipinski definition) is 6. The maximum Gasteiger partial charge on any atom is 0.213 e. The molecule has 1 aliphatic rings. The molecule has 1 aromatic heterocycles. The van der Waals surface area contributed by atoms with E-state index in [-0.39, 0.29) is 4.90 Å². The summed E-state index contributed by atoms with van der Waals surface area (Å²) in [5.74, 6) is 0.706. The number of nitrogens with zero attached hydrogens (tertiary/aromatic N) is 4. The van der Waals surface area contributed by atoms with Gasteiger partial charge in [0.1, 0.15) is 0 Å². The van der Waals surface area contributed by atoms with Crippen molar-refractivity contribution in [1.29, 1.82) is 0 Å². The Morgan fingerprint density at radius 2 is 1.74 bits per heavy atom. The minimum Gasteiger partial charge on any atom is -0.222 e. The molecule has 8 heteroatoms. The molecule has 0 fully saturated rings. The van der Waals surface area contributed by atoms with Crippen molar-refractivity contribution >= 4 is 27.3 Å². The summed E-state index contributed by atoms with van der Waals surface area (Å²) in [6, 6.07) is 16.2. The van der Waals surface area contributed by atoms with E-state index in [2.05, 4.69) is 15.3 Å². The Labute approximate surface area is 162 Å². The van der Waals surface area contributed by atoms with Gasteiger partial charge in [0.05, 0.1) is 10.6 Å². The van der Waals surface area contributed by atoms with E-state index in [4.69, 9.17) is 0 Å². The first kappa shape index (κ1) is 17.9. The van der Waals surface area contributed by atoms with Gasteiger partial charge in [-0.25, -0.2) is 8.42 Å². The lowest BCUT2D eigenvalue weighted by Gasteiger charge is -2.23. The minimum absolute atomic E-state index is 0.269. The van der Waals surface area contributed by atoms with Crippen molar-refractivity contribution in [2.75, 3.05) is 0 Å².